The highest BCUT2D eigenvalue weighted by Gasteiger charge is 2.33. The molecule has 0 unspecified atom stereocenters. The molecule has 8 heteroatoms. The molecular formula is C21H25F3N3OS+. The summed E-state index contributed by atoms with van der Waals surface area (Å²) in [6.45, 7) is 1.93. The summed E-state index contributed by atoms with van der Waals surface area (Å²) in [5.41, 5.74) is 0.580. The molecule has 1 fully saturated rings. The maximum atomic E-state index is 12.7. The summed E-state index contributed by atoms with van der Waals surface area (Å²) in [6.07, 6.45) is -1.98. The van der Waals surface area contributed by atoms with E-state index < -0.39 is 11.7 Å². The van der Waals surface area contributed by atoms with E-state index in [0.717, 1.165) is 23.8 Å². The van der Waals surface area contributed by atoms with Crippen LogP contribution in [0.4, 0.5) is 19.0 Å². The molecule has 0 aliphatic carbocycles. The highest BCUT2D eigenvalue weighted by atomic mass is 32.2. The molecule has 1 aromatic carbocycles. The molecule has 1 aliphatic heterocycles. The van der Waals surface area contributed by atoms with Gasteiger partial charge in [-0.15, -0.1) is 0 Å². The molecule has 29 heavy (non-hydrogen) atoms. The second-order valence-electron chi connectivity index (χ2n) is 7.05. The zero-order chi connectivity index (χ0) is 20.7. The maximum absolute atomic E-state index is 12.7. The quantitative estimate of drug-likeness (QED) is 0.688. The Morgan fingerprint density at radius 3 is 2.48 bits per heavy atom. The summed E-state index contributed by atoms with van der Waals surface area (Å²) < 4.78 is 38.0. The lowest BCUT2D eigenvalue weighted by atomic mass is 9.96. The van der Waals surface area contributed by atoms with Gasteiger partial charge in [-0.1, -0.05) is 30.3 Å². The van der Waals surface area contributed by atoms with Crippen molar-refractivity contribution < 1.29 is 22.9 Å². The van der Waals surface area contributed by atoms with Crippen molar-refractivity contribution in [3.8, 4) is 0 Å². The third-order valence-corrected chi connectivity index (χ3v) is 6.02. The molecule has 2 aromatic rings. The number of thioether (sulfide) groups is 1. The zero-order valence-electron chi connectivity index (χ0n) is 16.0. The number of halogens is 3. The molecule has 3 rings (SSSR count). The number of hydrogen-bond donors (Lipinski definition) is 1. The molecule has 0 radical (unpaired) electrons. The molecule has 4 nitrogen and oxygen atoms in total. The fourth-order valence-electron chi connectivity index (χ4n) is 3.33. The van der Waals surface area contributed by atoms with Crippen LogP contribution in [0.15, 0.2) is 48.7 Å². The summed E-state index contributed by atoms with van der Waals surface area (Å²) >= 11 is 1.79. The molecule has 1 aliphatic rings. The van der Waals surface area contributed by atoms with Gasteiger partial charge in [-0.05, 0) is 24.5 Å². The van der Waals surface area contributed by atoms with Crippen molar-refractivity contribution >= 4 is 23.5 Å². The first-order valence-electron chi connectivity index (χ1n) is 9.67. The number of aromatic amines is 1. The van der Waals surface area contributed by atoms with E-state index in [0.29, 0.717) is 38.3 Å². The first kappa shape index (κ1) is 21.5. The molecule has 1 saturated heterocycles. The van der Waals surface area contributed by atoms with Gasteiger partial charge in [-0.3, -0.25) is 9.69 Å². The minimum atomic E-state index is -4.35. The molecule has 2 heterocycles. The van der Waals surface area contributed by atoms with Gasteiger partial charge in [0.05, 0.1) is 18.7 Å². The van der Waals surface area contributed by atoms with Crippen LogP contribution in [0.3, 0.4) is 0 Å². The van der Waals surface area contributed by atoms with Crippen LogP contribution in [-0.4, -0.2) is 31.3 Å². The van der Waals surface area contributed by atoms with Crippen molar-refractivity contribution in [3.63, 3.8) is 0 Å². The second kappa shape index (κ2) is 10.0. The highest BCUT2D eigenvalue weighted by Crippen LogP contribution is 2.29. The summed E-state index contributed by atoms with van der Waals surface area (Å²) in [5, 5.41) is 3.01. The van der Waals surface area contributed by atoms with Crippen LogP contribution < -0.4 is 15.2 Å². The van der Waals surface area contributed by atoms with Crippen LogP contribution >= 0.6 is 11.8 Å². The van der Waals surface area contributed by atoms with Crippen LogP contribution in [0, 0.1) is 5.92 Å². The molecule has 0 spiro atoms. The van der Waals surface area contributed by atoms with Gasteiger partial charge >= 0.3 is 6.18 Å². The van der Waals surface area contributed by atoms with E-state index in [4.69, 9.17) is 0 Å². The predicted molar refractivity (Wildman–Crippen MR) is 109 cm³/mol. The van der Waals surface area contributed by atoms with E-state index in [9.17, 15) is 18.0 Å². The fourth-order valence-corrected chi connectivity index (χ4v) is 4.15. The van der Waals surface area contributed by atoms with E-state index in [1.165, 1.54) is 11.6 Å². The summed E-state index contributed by atoms with van der Waals surface area (Å²) in [4.78, 5) is 17.1. The molecule has 1 aromatic heterocycles. The van der Waals surface area contributed by atoms with Gasteiger partial charge in [-0.25, -0.2) is 4.98 Å². The van der Waals surface area contributed by atoms with Gasteiger partial charge in [-0.2, -0.15) is 24.9 Å². The molecule has 1 amide bonds. The fraction of sp³-hybridized carbons (Fsp3) is 0.429. The number of carbonyl (C=O) groups is 1. The van der Waals surface area contributed by atoms with Gasteiger partial charge in [0.1, 0.15) is 6.20 Å². The number of piperidine rings is 1. The number of anilines is 1. The number of rotatable bonds is 7. The van der Waals surface area contributed by atoms with Gasteiger partial charge < -0.3 is 5.32 Å². The number of hydrogen-bond acceptors (Lipinski definition) is 3. The van der Waals surface area contributed by atoms with Crippen molar-refractivity contribution in [2.24, 2.45) is 5.92 Å². The number of benzene rings is 1. The van der Waals surface area contributed by atoms with Crippen LogP contribution in [0.5, 0.6) is 0 Å². The zero-order valence-corrected chi connectivity index (χ0v) is 16.9. The maximum Gasteiger partial charge on any atom is 0.419 e. The molecule has 0 bridgehead atoms. The number of amides is 1. The Labute approximate surface area is 172 Å². The summed E-state index contributed by atoms with van der Waals surface area (Å²) in [6, 6.07) is 12.8. The normalized spacial score (nSPS) is 15.3. The van der Waals surface area contributed by atoms with E-state index in [2.05, 4.69) is 22.4 Å². The molecule has 2 N–H and O–H groups in total. The number of pyridine rings is 1. The number of alkyl halides is 3. The third-order valence-electron chi connectivity index (χ3n) is 4.99. The van der Waals surface area contributed by atoms with E-state index in [1.54, 1.807) is 11.8 Å². The van der Waals surface area contributed by atoms with Gasteiger partial charge in [0.15, 0.2) is 0 Å². The molecule has 0 saturated carbocycles. The average molecular weight is 425 g/mol. The van der Waals surface area contributed by atoms with Gasteiger partial charge in [0.25, 0.3) is 5.82 Å². The lowest BCUT2D eigenvalue weighted by molar-refractivity contribution is -0.367. The minimum Gasteiger partial charge on any atom is -0.355 e. The van der Waals surface area contributed by atoms with Crippen molar-refractivity contribution in [2.75, 3.05) is 30.3 Å². The van der Waals surface area contributed by atoms with Crippen molar-refractivity contribution in [1.82, 2.24) is 5.32 Å². The van der Waals surface area contributed by atoms with Crippen LogP contribution in [0.2, 0.25) is 0 Å². The SMILES string of the molecule is O=C(NCCSCc1ccccc1)C1CCN(c2ccc(C(F)(F)F)c[nH+]2)CC1. The van der Waals surface area contributed by atoms with Crippen molar-refractivity contribution in [3.05, 3.63) is 59.8 Å². The van der Waals surface area contributed by atoms with Crippen molar-refractivity contribution in [2.45, 2.75) is 24.8 Å². The largest absolute Gasteiger partial charge is 0.419 e. The number of aromatic nitrogens is 1. The van der Waals surface area contributed by atoms with Crippen LogP contribution in [0.25, 0.3) is 0 Å². The number of nitrogens with one attached hydrogen (secondary N) is 2. The van der Waals surface area contributed by atoms with E-state index in [-0.39, 0.29) is 11.8 Å². The monoisotopic (exact) mass is 424 g/mol. The average Bonchev–Trinajstić information content (AvgIpc) is 2.74. The van der Waals surface area contributed by atoms with Crippen LogP contribution in [0.1, 0.15) is 24.0 Å². The lowest BCUT2D eigenvalue weighted by Gasteiger charge is -2.27. The summed E-state index contributed by atoms with van der Waals surface area (Å²) in [7, 11) is 0. The summed E-state index contributed by atoms with van der Waals surface area (Å²) in [5.74, 6) is 2.47. The van der Waals surface area contributed by atoms with Gasteiger partial charge in [0, 0.05) is 30.0 Å². The smallest absolute Gasteiger partial charge is 0.355 e. The Balaban J connectivity index is 1.36. The Kier molecular flexibility index (Phi) is 7.41. The first-order chi connectivity index (χ1) is 13.9. The van der Waals surface area contributed by atoms with E-state index >= 15 is 0 Å². The molecule has 156 valence electrons. The highest BCUT2D eigenvalue weighted by molar-refractivity contribution is 7.98. The Hall–Kier alpha value is -2.22. The first-order valence-corrected chi connectivity index (χ1v) is 10.8. The predicted octanol–water partition coefficient (Wildman–Crippen LogP) is 3.79. The number of nitrogens with zero attached hydrogens (tertiary/aromatic N) is 1. The Morgan fingerprint density at radius 2 is 1.86 bits per heavy atom. The number of carbonyl (C=O) groups excluding carboxylic acids is 1. The Morgan fingerprint density at radius 1 is 1.14 bits per heavy atom. The lowest BCUT2D eigenvalue weighted by Crippen LogP contribution is -2.42. The van der Waals surface area contributed by atoms with Gasteiger partial charge in [0.2, 0.25) is 5.91 Å². The topological polar surface area (TPSA) is 46.5 Å². The third kappa shape index (κ3) is 6.39. The van der Waals surface area contributed by atoms with Crippen LogP contribution in [-0.2, 0) is 16.7 Å². The molecule has 0 atom stereocenters. The molecular weight excluding hydrogens is 399 g/mol. The number of H-pyrrole nitrogens is 1. The second-order valence-corrected chi connectivity index (χ2v) is 8.16. The van der Waals surface area contributed by atoms with E-state index in [1.807, 2.05) is 23.1 Å². The van der Waals surface area contributed by atoms with Crippen molar-refractivity contribution in [1.29, 1.82) is 0 Å². The standard InChI is InChI=1S/C21H24F3N3OS/c22-21(23,24)18-6-7-19(26-14-18)27-11-8-17(9-12-27)20(28)25-10-13-29-15-16-4-2-1-3-5-16/h1-7,14,17H,8-13,15H2,(H,25,28)/p+1. The Bertz CT molecular complexity index is 776. The minimum absolute atomic E-state index is 0.0418.